The van der Waals surface area contributed by atoms with Gasteiger partial charge in [0.25, 0.3) is 0 Å². The fourth-order valence-electron chi connectivity index (χ4n) is 1.70. The summed E-state index contributed by atoms with van der Waals surface area (Å²) in [5.74, 6) is -3.48. The molecule has 0 aromatic carbocycles. The number of nitrogens with one attached hydrogen (secondary N) is 2. The van der Waals surface area contributed by atoms with Crippen LogP contribution < -0.4 is 5.32 Å². The Kier molecular flexibility index (Phi) is 7.96. The third-order valence-electron chi connectivity index (χ3n) is 2.75. The quantitative estimate of drug-likeness (QED) is 0.333. The van der Waals surface area contributed by atoms with Crippen LogP contribution in [0.25, 0.3) is 0 Å². The van der Waals surface area contributed by atoms with Crippen molar-refractivity contribution in [3.63, 3.8) is 0 Å². The fraction of sp³-hybridized carbons (Fsp3) is 0.571. The maximum Gasteiger partial charge on any atom is 0.325 e. The van der Waals surface area contributed by atoms with Gasteiger partial charge in [-0.2, -0.15) is 0 Å². The van der Waals surface area contributed by atoms with E-state index >= 15 is 0 Å². The van der Waals surface area contributed by atoms with Crippen LogP contribution in [0.1, 0.15) is 27.2 Å². The molecular weight excluding hydrogens is 276 g/mol. The molecule has 0 aromatic heterocycles. The molecule has 0 rings (SSSR count). The topological polar surface area (TPSA) is 117 Å². The maximum atomic E-state index is 12.1. The molecule has 0 bridgehead atoms. The number of hydrogen-bond acceptors (Lipinski definition) is 5. The molecule has 7 heteroatoms. The van der Waals surface area contributed by atoms with Crippen LogP contribution in [0.3, 0.4) is 0 Å². The lowest BCUT2D eigenvalue weighted by Gasteiger charge is -2.22. The van der Waals surface area contributed by atoms with Gasteiger partial charge in [-0.05, 0) is 12.8 Å². The average Bonchev–Trinajstić information content (AvgIpc) is 2.35. The molecule has 0 fully saturated rings. The van der Waals surface area contributed by atoms with E-state index in [2.05, 4.69) is 11.9 Å². The Hall–Kier alpha value is -2.18. The monoisotopic (exact) mass is 298 g/mol. The number of aliphatic carboxylic acids is 1. The van der Waals surface area contributed by atoms with Crippen LogP contribution in [0.15, 0.2) is 12.7 Å². The third kappa shape index (κ3) is 6.69. The van der Waals surface area contributed by atoms with Crippen LogP contribution in [0.4, 0.5) is 0 Å². The van der Waals surface area contributed by atoms with E-state index < -0.39 is 29.8 Å². The molecule has 2 atom stereocenters. The lowest BCUT2D eigenvalue weighted by molar-refractivity contribution is -0.142. The number of carboxylic acids is 1. The maximum absolute atomic E-state index is 12.1. The van der Waals surface area contributed by atoms with Crippen molar-refractivity contribution in [2.45, 2.75) is 33.2 Å². The van der Waals surface area contributed by atoms with Gasteiger partial charge in [0.1, 0.15) is 12.6 Å². The van der Waals surface area contributed by atoms with Crippen molar-refractivity contribution < 1.29 is 24.2 Å². The summed E-state index contributed by atoms with van der Waals surface area (Å²) in [7, 11) is 0. The zero-order valence-electron chi connectivity index (χ0n) is 12.5. The van der Waals surface area contributed by atoms with Crippen LogP contribution in [0, 0.1) is 17.2 Å². The molecule has 21 heavy (non-hydrogen) atoms. The van der Waals surface area contributed by atoms with E-state index in [-0.39, 0.29) is 24.7 Å². The Morgan fingerprint density at radius 3 is 2.33 bits per heavy atom. The highest BCUT2D eigenvalue weighted by Crippen LogP contribution is 2.15. The van der Waals surface area contributed by atoms with Crippen molar-refractivity contribution in [3.05, 3.63) is 12.7 Å². The summed E-state index contributed by atoms with van der Waals surface area (Å²) in [6.45, 7) is 8.22. The van der Waals surface area contributed by atoms with Crippen molar-refractivity contribution in [1.82, 2.24) is 5.32 Å². The Labute approximate surface area is 123 Å². The van der Waals surface area contributed by atoms with Crippen LogP contribution in [-0.2, 0) is 19.1 Å². The van der Waals surface area contributed by atoms with Gasteiger partial charge in [0, 0.05) is 5.71 Å². The summed E-state index contributed by atoms with van der Waals surface area (Å²) in [6.07, 6.45) is 1.09. The molecular formula is C14H22N2O5. The zero-order chi connectivity index (χ0) is 16.6. The molecule has 0 saturated carbocycles. The highest BCUT2D eigenvalue weighted by molar-refractivity contribution is 6.09. The number of rotatable bonds is 9. The van der Waals surface area contributed by atoms with E-state index in [1.807, 2.05) is 0 Å². The lowest BCUT2D eigenvalue weighted by Crippen LogP contribution is -2.45. The normalized spacial score (nSPS) is 13.1. The lowest BCUT2D eigenvalue weighted by atomic mass is 9.88. The smallest absolute Gasteiger partial charge is 0.325 e. The first-order chi connectivity index (χ1) is 9.70. The largest absolute Gasteiger partial charge is 0.480 e. The van der Waals surface area contributed by atoms with Crippen molar-refractivity contribution in [1.29, 1.82) is 5.41 Å². The summed E-state index contributed by atoms with van der Waals surface area (Å²) in [4.78, 5) is 34.2. The standard InChI is InChI=1S/C14H22N2O5/c1-5-6-21-11(17)7-10(15)12(8(2)3)13(18)16-9(4)14(19)20/h5,8-9,12,15H,1,6-7H2,2-4H3,(H,16,18)(H,19,20). The molecule has 1 amide bonds. The van der Waals surface area contributed by atoms with Crippen molar-refractivity contribution in [2.24, 2.45) is 11.8 Å². The number of esters is 1. The Morgan fingerprint density at radius 1 is 1.33 bits per heavy atom. The van der Waals surface area contributed by atoms with Gasteiger partial charge in [0.15, 0.2) is 0 Å². The van der Waals surface area contributed by atoms with Gasteiger partial charge >= 0.3 is 11.9 Å². The van der Waals surface area contributed by atoms with Crippen LogP contribution in [0.5, 0.6) is 0 Å². The van der Waals surface area contributed by atoms with E-state index in [0.29, 0.717) is 0 Å². The highest BCUT2D eigenvalue weighted by atomic mass is 16.5. The van der Waals surface area contributed by atoms with Gasteiger partial charge in [-0.1, -0.05) is 26.5 Å². The van der Waals surface area contributed by atoms with E-state index in [1.54, 1.807) is 13.8 Å². The first-order valence-electron chi connectivity index (χ1n) is 6.57. The van der Waals surface area contributed by atoms with Gasteiger partial charge in [-0.3, -0.25) is 14.4 Å². The summed E-state index contributed by atoms with van der Waals surface area (Å²) in [6, 6.07) is -1.06. The van der Waals surface area contributed by atoms with E-state index in [4.69, 9.17) is 15.3 Å². The second kappa shape index (κ2) is 8.89. The molecule has 0 aliphatic heterocycles. The minimum Gasteiger partial charge on any atom is -0.480 e. The predicted molar refractivity (Wildman–Crippen MR) is 77.1 cm³/mol. The van der Waals surface area contributed by atoms with Gasteiger partial charge in [0.05, 0.1) is 12.3 Å². The third-order valence-corrected chi connectivity index (χ3v) is 2.75. The summed E-state index contributed by atoms with van der Waals surface area (Å²) in [5, 5.41) is 19.0. The first kappa shape index (κ1) is 18.8. The Morgan fingerprint density at radius 2 is 1.90 bits per heavy atom. The van der Waals surface area contributed by atoms with Gasteiger partial charge < -0.3 is 20.6 Å². The molecule has 3 N–H and O–H groups in total. The van der Waals surface area contributed by atoms with Crippen molar-refractivity contribution >= 4 is 23.6 Å². The second-order valence-corrected chi connectivity index (χ2v) is 4.96. The first-order valence-corrected chi connectivity index (χ1v) is 6.57. The fourth-order valence-corrected chi connectivity index (χ4v) is 1.70. The number of carboxylic acid groups (broad SMARTS) is 1. The minimum atomic E-state index is -1.16. The average molecular weight is 298 g/mol. The van der Waals surface area contributed by atoms with Crippen LogP contribution in [0.2, 0.25) is 0 Å². The molecule has 118 valence electrons. The molecule has 0 spiro atoms. The second-order valence-electron chi connectivity index (χ2n) is 4.96. The molecule has 2 unspecified atom stereocenters. The number of carbonyl (C=O) groups excluding carboxylic acids is 2. The molecule has 0 aliphatic rings. The van der Waals surface area contributed by atoms with E-state index in [1.165, 1.54) is 13.0 Å². The number of ether oxygens (including phenoxy) is 1. The molecule has 0 heterocycles. The summed E-state index contributed by atoms with van der Waals surface area (Å²) < 4.78 is 4.77. The SMILES string of the molecule is C=CCOC(=O)CC(=N)C(C(=O)NC(C)C(=O)O)C(C)C. The number of amides is 1. The highest BCUT2D eigenvalue weighted by Gasteiger charge is 2.30. The van der Waals surface area contributed by atoms with Gasteiger partial charge in [0.2, 0.25) is 5.91 Å². The number of hydrogen-bond donors (Lipinski definition) is 3. The van der Waals surface area contributed by atoms with E-state index in [9.17, 15) is 14.4 Å². The Balaban J connectivity index is 4.77. The summed E-state index contributed by atoms with van der Waals surface area (Å²) in [5.41, 5.74) is -0.103. The molecule has 0 aliphatic carbocycles. The molecule has 7 nitrogen and oxygen atoms in total. The number of carbonyl (C=O) groups is 3. The van der Waals surface area contributed by atoms with Crippen LogP contribution in [-0.4, -0.2) is 41.3 Å². The Bertz CT molecular complexity index is 431. The zero-order valence-corrected chi connectivity index (χ0v) is 12.5. The molecule has 0 saturated heterocycles. The van der Waals surface area contributed by atoms with Crippen molar-refractivity contribution in [3.8, 4) is 0 Å². The minimum absolute atomic E-state index is 0.0424. The predicted octanol–water partition coefficient (Wildman–Crippen LogP) is 0.987. The van der Waals surface area contributed by atoms with Gasteiger partial charge in [-0.25, -0.2) is 0 Å². The van der Waals surface area contributed by atoms with E-state index in [0.717, 1.165) is 0 Å². The van der Waals surface area contributed by atoms with Gasteiger partial charge in [-0.15, -0.1) is 0 Å². The molecule has 0 aromatic rings. The molecule has 0 radical (unpaired) electrons. The summed E-state index contributed by atoms with van der Waals surface area (Å²) >= 11 is 0. The van der Waals surface area contributed by atoms with Crippen LogP contribution >= 0.6 is 0 Å². The van der Waals surface area contributed by atoms with Crippen molar-refractivity contribution in [2.75, 3.05) is 6.61 Å².